The fourth-order valence-electron chi connectivity index (χ4n) is 4.51. The summed E-state index contributed by atoms with van der Waals surface area (Å²) in [5.41, 5.74) is 4.25. The van der Waals surface area contributed by atoms with Gasteiger partial charge in [-0.25, -0.2) is 9.97 Å². The molecule has 30 heavy (non-hydrogen) atoms. The molecule has 5 rings (SSSR count). The van der Waals surface area contributed by atoms with Crippen LogP contribution in [0.25, 0.3) is 21.9 Å². The lowest BCUT2D eigenvalue weighted by Gasteiger charge is -2.30. The molecule has 0 radical (unpaired) electrons. The van der Waals surface area contributed by atoms with Gasteiger partial charge in [0.1, 0.15) is 17.1 Å². The first-order valence-corrected chi connectivity index (χ1v) is 10.3. The van der Waals surface area contributed by atoms with Crippen LogP contribution in [0.3, 0.4) is 0 Å². The maximum atomic E-state index is 9.43. The minimum absolute atomic E-state index is 0.188. The third-order valence-corrected chi connectivity index (χ3v) is 5.87. The predicted octanol–water partition coefficient (Wildman–Crippen LogP) is 4.39. The van der Waals surface area contributed by atoms with Crippen molar-refractivity contribution in [3.05, 3.63) is 53.1 Å². The second-order valence-electron chi connectivity index (χ2n) is 8.01. The van der Waals surface area contributed by atoms with E-state index >= 15 is 0 Å². The molecule has 1 aromatic carbocycles. The molecule has 1 fully saturated rings. The molecular formula is C23H23N5O2. The van der Waals surface area contributed by atoms with Crippen LogP contribution in [0.15, 0.2) is 28.8 Å². The van der Waals surface area contributed by atoms with E-state index in [0.29, 0.717) is 17.9 Å². The number of rotatable bonds is 3. The predicted molar refractivity (Wildman–Crippen MR) is 112 cm³/mol. The molecule has 0 saturated carbocycles. The lowest BCUT2D eigenvalue weighted by atomic mass is 10.0. The van der Waals surface area contributed by atoms with Crippen molar-refractivity contribution in [3.63, 3.8) is 0 Å². The lowest BCUT2D eigenvalue weighted by molar-refractivity contribution is 0.00630. The van der Waals surface area contributed by atoms with E-state index in [1.807, 2.05) is 32.2 Å². The van der Waals surface area contributed by atoms with Crippen LogP contribution in [-0.4, -0.2) is 32.2 Å². The van der Waals surface area contributed by atoms with Crippen LogP contribution in [0.1, 0.15) is 54.5 Å². The molecule has 0 unspecified atom stereocenters. The molecule has 7 nitrogen and oxygen atoms in total. The standard InChI is InChI=1S/C23H23N5O2/c1-13-8-17(6-7-29-13)28-22(10-20-14(2)30-15(3)26-20)27-21-12-25-19-5-4-16(11-24)9-18(19)23(21)28/h4-5,9,12-13,17H,6-8,10H2,1-3H3/t13-,17-/m1/s1. The third kappa shape index (κ3) is 3.14. The van der Waals surface area contributed by atoms with Gasteiger partial charge in [0.15, 0.2) is 5.89 Å². The van der Waals surface area contributed by atoms with Crippen molar-refractivity contribution in [2.75, 3.05) is 6.61 Å². The normalized spacial score (nSPS) is 19.4. The van der Waals surface area contributed by atoms with Crippen molar-refractivity contribution in [2.24, 2.45) is 0 Å². The summed E-state index contributed by atoms with van der Waals surface area (Å²) < 4.78 is 13.8. The van der Waals surface area contributed by atoms with Crippen LogP contribution in [0, 0.1) is 25.2 Å². The number of oxazole rings is 1. The first kappa shape index (κ1) is 18.8. The van der Waals surface area contributed by atoms with Gasteiger partial charge in [0.25, 0.3) is 0 Å². The Morgan fingerprint density at radius 2 is 2.10 bits per heavy atom. The number of aromatic nitrogens is 4. The van der Waals surface area contributed by atoms with Gasteiger partial charge in [0, 0.05) is 25.0 Å². The van der Waals surface area contributed by atoms with Gasteiger partial charge in [-0.05, 0) is 44.9 Å². The van der Waals surface area contributed by atoms with Crippen LogP contribution in [0.5, 0.6) is 0 Å². The van der Waals surface area contributed by atoms with E-state index in [1.165, 1.54) is 0 Å². The zero-order valence-electron chi connectivity index (χ0n) is 17.3. The number of pyridine rings is 1. The summed E-state index contributed by atoms with van der Waals surface area (Å²) in [4.78, 5) is 14.1. The maximum Gasteiger partial charge on any atom is 0.191 e. The van der Waals surface area contributed by atoms with E-state index in [1.54, 1.807) is 6.07 Å². The summed E-state index contributed by atoms with van der Waals surface area (Å²) in [6, 6.07) is 8.14. The maximum absolute atomic E-state index is 9.43. The Labute approximate surface area is 174 Å². The fraction of sp³-hybridized carbons (Fsp3) is 0.391. The third-order valence-electron chi connectivity index (χ3n) is 5.87. The van der Waals surface area contributed by atoms with E-state index < -0.39 is 0 Å². The smallest absolute Gasteiger partial charge is 0.191 e. The molecule has 7 heteroatoms. The summed E-state index contributed by atoms with van der Waals surface area (Å²) in [6.45, 7) is 6.64. The van der Waals surface area contributed by atoms with Crippen molar-refractivity contribution in [1.82, 2.24) is 19.5 Å². The highest BCUT2D eigenvalue weighted by atomic mass is 16.5. The average Bonchev–Trinajstić information content (AvgIpc) is 3.26. The average molecular weight is 401 g/mol. The van der Waals surface area contributed by atoms with Crippen molar-refractivity contribution < 1.29 is 9.15 Å². The summed E-state index contributed by atoms with van der Waals surface area (Å²) in [5.74, 6) is 2.42. The molecule has 1 aliphatic rings. The molecule has 0 N–H and O–H groups in total. The number of hydrogen-bond acceptors (Lipinski definition) is 6. The largest absolute Gasteiger partial charge is 0.446 e. The molecule has 1 aliphatic heterocycles. The number of hydrogen-bond donors (Lipinski definition) is 0. The number of aryl methyl sites for hydroxylation is 2. The highest BCUT2D eigenvalue weighted by molar-refractivity contribution is 6.02. The molecule has 0 aliphatic carbocycles. The van der Waals surface area contributed by atoms with Crippen LogP contribution in [0.2, 0.25) is 0 Å². The van der Waals surface area contributed by atoms with Gasteiger partial charge in [-0.3, -0.25) is 4.98 Å². The number of imidazole rings is 1. The highest BCUT2D eigenvalue weighted by Gasteiger charge is 2.27. The monoisotopic (exact) mass is 401 g/mol. The van der Waals surface area contributed by atoms with E-state index in [-0.39, 0.29) is 12.1 Å². The van der Waals surface area contributed by atoms with Crippen LogP contribution in [0.4, 0.5) is 0 Å². The van der Waals surface area contributed by atoms with Gasteiger partial charge >= 0.3 is 0 Å². The molecule has 2 atom stereocenters. The Morgan fingerprint density at radius 1 is 1.23 bits per heavy atom. The van der Waals surface area contributed by atoms with Gasteiger partial charge in [-0.2, -0.15) is 5.26 Å². The van der Waals surface area contributed by atoms with Gasteiger partial charge in [-0.1, -0.05) is 0 Å². The molecule has 4 heterocycles. The van der Waals surface area contributed by atoms with Gasteiger partial charge in [0.2, 0.25) is 0 Å². The summed E-state index contributed by atoms with van der Waals surface area (Å²) in [6.07, 6.45) is 4.43. The Morgan fingerprint density at radius 3 is 2.83 bits per heavy atom. The minimum Gasteiger partial charge on any atom is -0.446 e. The van der Waals surface area contributed by atoms with Crippen LogP contribution in [-0.2, 0) is 11.2 Å². The van der Waals surface area contributed by atoms with Gasteiger partial charge in [-0.15, -0.1) is 0 Å². The van der Waals surface area contributed by atoms with E-state index in [9.17, 15) is 5.26 Å². The van der Waals surface area contributed by atoms with E-state index in [4.69, 9.17) is 14.1 Å². The first-order valence-electron chi connectivity index (χ1n) is 10.3. The molecule has 1 saturated heterocycles. The highest BCUT2D eigenvalue weighted by Crippen LogP contribution is 2.34. The topological polar surface area (TPSA) is 89.8 Å². The zero-order chi connectivity index (χ0) is 20.8. The number of ether oxygens (including phenoxy) is 1. The first-order chi connectivity index (χ1) is 14.5. The van der Waals surface area contributed by atoms with E-state index in [2.05, 4.69) is 27.5 Å². The number of fused-ring (bicyclic) bond motifs is 3. The summed E-state index contributed by atoms with van der Waals surface area (Å²) in [7, 11) is 0. The Bertz CT molecular complexity index is 1300. The number of benzene rings is 1. The summed E-state index contributed by atoms with van der Waals surface area (Å²) >= 11 is 0. The van der Waals surface area contributed by atoms with Crippen molar-refractivity contribution in [3.8, 4) is 6.07 Å². The SMILES string of the molecule is Cc1nc(Cc2nc3cnc4ccc(C#N)cc4c3n2[C@@H]2CCO[C@H](C)C2)c(C)o1. The van der Waals surface area contributed by atoms with Crippen molar-refractivity contribution in [2.45, 2.75) is 52.2 Å². The van der Waals surface area contributed by atoms with Crippen LogP contribution < -0.4 is 0 Å². The molecule has 4 aromatic rings. The number of nitrogens with zero attached hydrogens (tertiary/aromatic N) is 5. The molecular weight excluding hydrogens is 378 g/mol. The Hall–Kier alpha value is -3.24. The van der Waals surface area contributed by atoms with Gasteiger partial charge in [0.05, 0.1) is 47.1 Å². The lowest BCUT2D eigenvalue weighted by Crippen LogP contribution is -2.26. The Balaban J connectivity index is 1.76. The minimum atomic E-state index is 0.188. The van der Waals surface area contributed by atoms with Crippen molar-refractivity contribution >= 4 is 21.9 Å². The van der Waals surface area contributed by atoms with E-state index in [0.717, 1.165) is 58.7 Å². The molecule has 152 valence electrons. The second-order valence-corrected chi connectivity index (χ2v) is 8.01. The molecule has 0 bridgehead atoms. The Kier molecular flexibility index (Phi) is 4.52. The van der Waals surface area contributed by atoms with Gasteiger partial charge < -0.3 is 13.7 Å². The van der Waals surface area contributed by atoms with Crippen LogP contribution >= 0.6 is 0 Å². The van der Waals surface area contributed by atoms with Crippen molar-refractivity contribution in [1.29, 1.82) is 5.26 Å². The number of nitriles is 1. The quantitative estimate of drug-likeness (QED) is 0.506. The zero-order valence-corrected chi connectivity index (χ0v) is 17.3. The fourth-order valence-corrected chi connectivity index (χ4v) is 4.51. The molecule has 3 aromatic heterocycles. The summed E-state index contributed by atoms with van der Waals surface area (Å²) in [5, 5.41) is 10.4. The molecule has 0 amide bonds. The molecule has 0 spiro atoms. The second kappa shape index (κ2) is 7.22.